The molecule has 1 aromatic rings. The molecule has 0 aliphatic heterocycles. The summed E-state index contributed by atoms with van der Waals surface area (Å²) in [5, 5.41) is 0. The topological polar surface area (TPSA) is 26.3 Å². The van der Waals surface area contributed by atoms with Crippen molar-refractivity contribution >= 4 is 5.97 Å². The maximum absolute atomic E-state index is 10.5. The molecule has 3 heteroatoms. The Hall–Kier alpha value is -0.310. The molecule has 0 N–H and O–H groups in total. The third-order valence-corrected chi connectivity index (χ3v) is 1.59. The molecule has 1 aromatic carbocycles. The van der Waals surface area contributed by atoms with E-state index in [9.17, 15) is 4.79 Å². The first kappa shape index (κ1) is 12.7. The monoisotopic (exact) mass is 188 g/mol. The van der Waals surface area contributed by atoms with Crippen LogP contribution in [0.5, 0.6) is 5.75 Å². The normalized spacial score (nSPS) is 8.77. The second-order valence-corrected chi connectivity index (χ2v) is 2.59. The van der Waals surface area contributed by atoms with Gasteiger partial charge in [-0.05, 0) is 24.1 Å². The standard InChI is InChI=1S/C10H12O2.Na.H/c1-3-9-4-6-10(7-5-9)12-8(2)11;;/h4-7H,3H2,1-2H3;;/q;+1;-1. The molecular formula is C10H13NaO2. The fourth-order valence-corrected chi connectivity index (χ4v) is 0.959. The summed E-state index contributed by atoms with van der Waals surface area (Å²) in [6.07, 6.45) is 1.00. The molecule has 0 heterocycles. The van der Waals surface area contributed by atoms with Gasteiger partial charge < -0.3 is 6.16 Å². The smallest absolute Gasteiger partial charge is 1.00 e. The maximum Gasteiger partial charge on any atom is 1.00 e. The predicted molar refractivity (Wildman–Crippen MR) is 48.2 cm³/mol. The van der Waals surface area contributed by atoms with Crippen LogP contribution in [0.3, 0.4) is 0 Å². The maximum atomic E-state index is 10.5. The molecule has 1 rings (SSSR count). The molecule has 0 spiro atoms. The number of ether oxygens (including phenoxy) is 1. The molecule has 0 fully saturated rings. The van der Waals surface area contributed by atoms with Crippen LogP contribution in [-0.2, 0) is 11.2 Å². The van der Waals surface area contributed by atoms with Crippen molar-refractivity contribution < 1.29 is 40.5 Å². The molecule has 0 bridgehead atoms. The van der Waals surface area contributed by atoms with Crippen LogP contribution in [0.4, 0.5) is 0 Å². The molecule has 0 radical (unpaired) electrons. The van der Waals surface area contributed by atoms with E-state index in [0.29, 0.717) is 5.75 Å². The minimum atomic E-state index is -0.278. The summed E-state index contributed by atoms with van der Waals surface area (Å²) in [6.45, 7) is 3.48. The van der Waals surface area contributed by atoms with E-state index in [4.69, 9.17) is 4.74 Å². The third kappa shape index (κ3) is 4.46. The molecule has 13 heavy (non-hydrogen) atoms. The van der Waals surface area contributed by atoms with Crippen molar-refractivity contribution in [2.24, 2.45) is 0 Å². The van der Waals surface area contributed by atoms with E-state index in [1.165, 1.54) is 12.5 Å². The molecule has 0 atom stereocenters. The first-order chi connectivity index (χ1) is 5.72. The Morgan fingerprint density at radius 1 is 1.38 bits per heavy atom. The Labute approximate surface area is 102 Å². The van der Waals surface area contributed by atoms with Gasteiger partial charge >= 0.3 is 35.5 Å². The summed E-state index contributed by atoms with van der Waals surface area (Å²) < 4.78 is 4.87. The molecule has 0 unspecified atom stereocenters. The minimum absolute atomic E-state index is 0. The Bertz CT molecular complexity index is 272. The summed E-state index contributed by atoms with van der Waals surface area (Å²) in [7, 11) is 0. The van der Waals surface area contributed by atoms with Crippen LogP contribution in [0.15, 0.2) is 24.3 Å². The summed E-state index contributed by atoms with van der Waals surface area (Å²) in [4.78, 5) is 10.5. The van der Waals surface area contributed by atoms with Crippen LogP contribution in [-0.4, -0.2) is 5.97 Å². The van der Waals surface area contributed by atoms with E-state index in [2.05, 4.69) is 6.92 Å². The number of aryl methyl sites for hydroxylation is 1. The zero-order valence-electron chi connectivity index (χ0n) is 9.33. The van der Waals surface area contributed by atoms with E-state index in [0.717, 1.165) is 6.42 Å². The number of esters is 1. The fraction of sp³-hybridized carbons (Fsp3) is 0.300. The first-order valence-corrected chi connectivity index (χ1v) is 3.99. The molecule has 0 aliphatic carbocycles. The molecule has 2 nitrogen and oxygen atoms in total. The van der Waals surface area contributed by atoms with Gasteiger partial charge in [-0.3, -0.25) is 4.79 Å². The molecule has 0 amide bonds. The van der Waals surface area contributed by atoms with Crippen molar-refractivity contribution in [1.82, 2.24) is 0 Å². The Balaban J connectivity index is 0. The third-order valence-electron chi connectivity index (χ3n) is 1.59. The van der Waals surface area contributed by atoms with Gasteiger partial charge in [0.05, 0.1) is 0 Å². The number of hydrogen-bond acceptors (Lipinski definition) is 2. The molecule has 0 saturated carbocycles. The molecule has 0 saturated heterocycles. The average molecular weight is 188 g/mol. The van der Waals surface area contributed by atoms with Gasteiger partial charge in [0.2, 0.25) is 0 Å². The van der Waals surface area contributed by atoms with Crippen molar-refractivity contribution in [2.75, 3.05) is 0 Å². The molecule has 66 valence electrons. The van der Waals surface area contributed by atoms with E-state index in [1.807, 2.05) is 12.1 Å². The molecule has 0 aromatic heterocycles. The van der Waals surface area contributed by atoms with E-state index >= 15 is 0 Å². The minimum Gasteiger partial charge on any atom is -1.00 e. The van der Waals surface area contributed by atoms with E-state index in [-0.39, 0.29) is 37.0 Å². The summed E-state index contributed by atoms with van der Waals surface area (Å²) >= 11 is 0. The second-order valence-electron chi connectivity index (χ2n) is 2.59. The van der Waals surface area contributed by atoms with Gasteiger partial charge in [-0.2, -0.15) is 0 Å². The van der Waals surface area contributed by atoms with Crippen LogP contribution in [0.25, 0.3) is 0 Å². The molecule has 0 aliphatic rings. The summed E-state index contributed by atoms with van der Waals surface area (Å²) in [5.41, 5.74) is 1.24. The molecular weight excluding hydrogens is 175 g/mol. The van der Waals surface area contributed by atoms with Gasteiger partial charge in [0, 0.05) is 6.92 Å². The van der Waals surface area contributed by atoms with Crippen molar-refractivity contribution in [3.8, 4) is 5.75 Å². The van der Waals surface area contributed by atoms with Crippen molar-refractivity contribution in [3.63, 3.8) is 0 Å². The number of rotatable bonds is 2. The SMILES string of the molecule is CCc1ccc(OC(C)=O)cc1.[H-].[Na+]. The Kier molecular flexibility index (Phi) is 6.04. The zero-order chi connectivity index (χ0) is 8.97. The van der Waals surface area contributed by atoms with Crippen LogP contribution < -0.4 is 34.3 Å². The predicted octanol–water partition coefficient (Wildman–Crippen LogP) is -0.709. The van der Waals surface area contributed by atoms with Gasteiger partial charge in [-0.25, -0.2) is 0 Å². The number of benzene rings is 1. The van der Waals surface area contributed by atoms with Crippen LogP contribution >= 0.6 is 0 Å². The fourth-order valence-electron chi connectivity index (χ4n) is 0.959. The van der Waals surface area contributed by atoms with Gasteiger partial charge in [-0.1, -0.05) is 19.1 Å². The Morgan fingerprint density at radius 2 is 1.92 bits per heavy atom. The van der Waals surface area contributed by atoms with Crippen molar-refractivity contribution in [1.29, 1.82) is 0 Å². The first-order valence-electron chi connectivity index (χ1n) is 3.99. The second kappa shape index (κ2) is 6.19. The number of carbonyl (C=O) groups is 1. The van der Waals surface area contributed by atoms with Gasteiger partial charge in [0.1, 0.15) is 5.75 Å². The quantitative estimate of drug-likeness (QED) is 0.348. The van der Waals surface area contributed by atoms with Gasteiger partial charge in [-0.15, -0.1) is 0 Å². The van der Waals surface area contributed by atoms with Crippen LogP contribution in [0.2, 0.25) is 0 Å². The number of carbonyl (C=O) groups excluding carboxylic acids is 1. The van der Waals surface area contributed by atoms with E-state index in [1.54, 1.807) is 12.1 Å². The largest absolute Gasteiger partial charge is 1.00 e. The average Bonchev–Trinajstić information content (AvgIpc) is 2.05. The summed E-state index contributed by atoms with van der Waals surface area (Å²) in [5.74, 6) is 0.332. The van der Waals surface area contributed by atoms with Crippen LogP contribution in [0.1, 0.15) is 20.8 Å². The van der Waals surface area contributed by atoms with E-state index < -0.39 is 0 Å². The van der Waals surface area contributed by atoms with Crippen molar-refractivity contribution in [3.05, 3.63) is 29.8 Å². The van der Waals surface area contributed by atoms with Crippen molar-refractivity contribution in [2.45, 2.75) is 20.3 Å². The number of hydrogen-bond donors (Lipinski definition) is 0. The van der Waals surface area contributed by atoms with Gasteiger partial charge in [0.15, 0.2) is 0 Å². The van der Waals surface area contributed by atoms with Crippen LogP contribution in [0, 0.1) is 0 Å². The zero-order valence-corrected chi connectivity index (χ0v) is 10.3. The summed E-state index contributed by atoms with van der Waals surface area (Å²) in [6, 6.07) is 7.52. The van der Waals surface area contributed by atoms with Gasteiger partial charge in [0.25, 0.3) is 0 Å². The Morgan fingerprint density at radius 3 is 2.31 bits per heavy atom.